The van der Waals surface area contributed by atoms with Gasteiger partial charge in [-0.3, -0.25) is 9.80 Å². The van der Waals surface area contributed by atoms with Crippen molar-refractivity contribution in [1.29, 1.82) is 0 Å². The summed E-state index contributed by atoms with van der Waals surface area (Å²) in [6.45, 7) is 8.34. The first kappa shape index (κ1) is 19.1. The van der Waals surface area contributed by atoms with Gasteiger partial charge in [-0.1, -0.05) is 12.2 Å². The zero-order chi connectivity index (χ0) is 17.7. The minimum Gasteiger partial charge on any atom is -0.335 e. The van der Waals surface area contributed by atoms with Gasteiger partial charge in [0, 0.05) is 44.8 Å². The molecule has 0 unspecified atom stereocenters. The van der Waals surface area contributed by atoms with Crippen molar-refractivity contribution in [1.82, 2.24) is 20.4 Å². The summed E-state index contributed by atoms with van der Waals surface area (Å²) in [6, 6.07) is -0.359. The molecule has 0 saturated carbocycles. The van der Waals surface area contributed by atoms with Gasteiger partial charge in [0.1, 0.15) is 0 Å². The fraction of sp³-hybridized carbons (Fsp3) is 0.812. The Labute approximate surface area is 141 Å². The monoisotopic (exact) mass is 348 g/mol. The molecule has 2 heterocycles. The number of hydrogen-bond acceptors (Lipinski definition) is 3. The molecule has 0 bridgehead atoms. The lowest BCUT2D eigenvalue weighted by atomic mass is 10.0. The molecule has 5 nitrogen and oxygen atoms in total. The van der Waals surface area contributed by atoms with E-state index in [9.17, 15) is 18.0 Å². The highest BCUT2D eigenvalue weighted by Gasteiger charge is 2.34. The van der Waals surface area contributed by atoms with Gasteiger partial charge in [0.2, 0.25) is 0 Å². The maximum absolute atomic E-state index is 12.4. The standard InChI is InChI=1S/C16H27F3N4O/c1-12(2)9-22-6-3-13(4-7-22)20-15(24)21-14-5-8-23(10-14)11-16(17,18)19/h13-14H,1,3-11H2,2H3,(H2,20,21,24)/t14-/m1/s1. The van der Waals surface area contributed by atoms with E-state index in [4.69, 9.17) is 0 Å². The normalized spacial score (nSPS) is 24.1. The maximum atomic E-state index is 12.4. The lowest BCUT2D eigenvalue weighted by Gasteiger charge is -2.32. The van der Waals surface area contributed by atoms with Gasteiger partial charge in [0.15, 0.2) is 0 Å². The lowest BCUT2D eigenvalue weighted by molar-refractivity contribution is -0.143. The molecule has 2 rings (SSSR count). The fourth-order valence-corrected chi connectivity index (χ4v) is 3.38. The topological polar surface area (TPSA) is 47.6 Å². The summed E-state index contributed by atoms with van der Waals surface area (Å²) in [5.41, 5.74) is 1.13. The minimum absolute atomic E-state index is 0.124. The third-order valence-corrected chi connectivity index (χ3v) is 4.43. The fourth-order valence-electron chi connectivity index (χ4n) is 3.38. The Balaban J connectivity index is 1.65. The Hall–Kier alpha value is -1.28. The van der Waals surface area contributed by atoms with Crippen LogP contribution in [0.3, 0.4) is 0 Å². The number of likely N-dealkylation sites (tertiary alicyclic amines) is 2. The van der Waals surface area contributed by atoms with E-state index >= 15 is 0 Å². The van der Waals surface area contributed by atoms with Crippen LogP contribution in [0.1, 0.15) is 26.2 Å². The van der Waals surface area contributed by atoms with Gasteiger partial charge in [-0.25, -0.2) is 4.79 Å². The van der Waals surface area contributed by atoms with Crippen molar-refractivity contribution < 1.29 is 18.0 Å². The molecule has 0 spiro atoms. The highest BCUT2D eigenvalue weighted by Crippen LogP contribution is 2.20. The van der Waals surface area contributed by atoms with E-state index in [1.165, 1.54) is 4.90 Å². The summed E-state index contributed by atoms with van der Waals surface area (Å²) in [5.74, 6) is 0. The highest BCUT2D eigenvalue weighted by molar-refractivity contribution is 5.74. The Morgan fingerprint density at radius 2 is 1.62 bits per heavy atom. The molecule has 2 saturated heterocycles. The molecule has 0 aromatic carbocycles. The predicted octanol–water partition coefficient (Wildman–Crippen LogP) is 1.96. The first-order valence-electron chi connectivity index (χ1n) is 8.44. The van der Waals surface area contributed by atoms with E-state index in [1.54, 1.807) is 0 Å². The van der Waals surface area contributed by atoms with Crippen LogP contribution in [0.15, 0.2) is 12.2 Å². The molecule has 2 N–H and O–H groups in total. The van der Waals surface area contributed by atoms with E-state index < -0.39 is 12.7 Å². The van der Waals surface area contributed by atoms with Crippen molar-refractivity contribution in [2.24, 2.45) is 0 Å². The van der Waals surface area contributed by atoms with Crippen LogP contribution in [-0.4, -0.2) is 73.4 Å². The molecule has 8 heteroatoms. The van der Waals surface area contributed by atoms with Gasteiger partial charge in [0.25, 0.3) is 0 Å². The number of amides is 2. The molecule has 0 radical (unpaired) electrons. The second-order valence-electron chi connectivity index (χ2n) is 6.96. The van der Waals surface area contributed by atoms with E-state index in [-0.39, 0.29) is 24.7 Å². The van der Waals surface area contributed by atoms with Gasteiger partial charge in [0.05, 0.1) is 6.54 Å². The number of carbonyl (C=O) groups is 1. The van der Waals surface area contributed by atoms with Crippen LogP contribution < -0.4 is 10.6 Å². The summed E-state index contributed by atoms with van der Waals surface area (Å²) < 4.78 is 37.1. The first-order valence-corrected chi connectivity index (χ1v) is 8.44. The van der Waals surface area contributed by atoms with Crippen molar-refractivity contribution in [2.45, 2.75) is 44.4 Å². The number of carbonyl (C=O) groups excluding carboxylic acids is 1. The molecular weight excluding hydrogens is 321 g/mol. The number of nitrogens with one attached hydrogen (secondary N) is 2. The molecule has 138 valence electrons. The molecule has 0 aromatic heterocycles. The zero-order valence-electron chi connectivity index (χ0n) is 14.2. The second-order valence-corrected chi connectivity index (χ2v) is 6.96. The predicted molar refractivity (Wildman–Crippen MR) is 86.8 cm³/mol. The van der Waals surface area contributed by atoms with E-state index in [0.717, 1.165) is 38.0 Å². The number of urea groups is 1. The van der Waals surface area contributed by atoms with Gasteiger partial charge in [-0.05, 0) is 26.2 Å². The van der Waals surface area contributed by atoms with Crippen LogP contribution in [0.5, 0.6) is 0 Å². The van der Waals surface area contributed by atoms with Crippen LogP contribution in [-0.2, 0) is 0 Å². The summed E-state index contributed by atoms with van der Waals surface area (Å²) >= 11 is 0. The third-order valence-electron chi connectivity index (χ3n) is 4.43. The number of rotatable bonds is 5. The van der Waals surface area contributed by atoms with Crippen molar-refractivity contribution in [3.63, 3.8) is 0 Å². The average Bonchev–Trinajstić information content (AvgIpc) is 2.85. The Morgan fingerprint density at radius 1 is 1.08 bits per heavy atom. The summed E-state index contributed by atoms with van der Waals surface area (Å²) in [5, 5.41) is 5.74. The quantitative estimate of drug-likeness (QED) is 0.747. The zero-order valence-corrected chi connectivity index (χ0v) is 14.2. The van der Waals surface area contributed by atoms with Crippen LogP contribution in [0.4, 0.5) is 18.0 Å². The van der Waals surface area contributed by atoms with E-state index in [1.807, 2.05) is 6.92 Å². The van der Waals surface area contributed by atoms with Crippen LogP contribution in [0.2, 0.25) is 0 Å². The summed E-state index contributed by atoms with van der Waals surface area (Å²) in [7, 11) is 0. The average molecular weight is 348 g/mol. The van der Waals surface area contributed by atoms with Crippen LogP contribution in [0.25, 0.3) is 0 Å². The molecule has 1 atom stereocenters. The summed E-state index contributed by atoms with van der Waals surface area (Å²) in [6.07, 6.45) is -1.87. The molecule has 24 heavy (non-hydrogen) atoms. The number of piperidine rings is 1. The summed E-state index contributed by atoms with van der Waals surface area (Å²) in [4.78, 5) is 15.7. The first-order chi connectivity index (χ1) is 11.2. The van der Waals surface area contributed by atoms with Crippen LogP contribution >= 0.6 is 0 Å². The Bertz CT molecular complexity index is 447. The number of nitrogens with zero attached hydrogens (tertiary/aromatic N) is 2. The Morgan fingerprint density at radius 3 is 2.21 bits per heavy atom. The second kappa shape index (κ2) is 8.20. The molecule has 2 aliphatic rings. The van der Waals surface area contributed by atoms with E-state index in [0.29, 0.717) is 13.0 Å². The van der Waals surface area contributed by atoms with Gasteiger partial charge in [-0.2, -0.15) is 13.2 Å². The van der Waals surface area contributed by atoms with E-state index in [2.05, 4.69) is 22.1 Å². The van der Waals surface area contributed by atoms with Gasteiger partial charge < -0.3 is 10.6 Å². The SMILES string of the molecule is C=C(C)CN1CCC(NC(=O)N[C@@H]2CCN(CC(F)(F)F)C2)CC1. The molecule has 0 aliphatic carbocycles. The van der Waals surface area contributed by atoms with Crippen molar-refractivity contribution in [3.8, 4) is 0 Å². The molecular formula is C16H27F3N4O. The molecule has 2 amide bonds. The number of halogens is 3. The Kier molecular flexibility index (Phi) is 6.51. The lowest BCUT2D eigenvalue weighted by Crippen LogP contribution is -2.50. The number of hydrogen-bond donors (Lipinski definition) is 2. The maximum Gasteiger partial charge on any atom is 0.401 e. The van der Waals surface area contributed by atoms with Crippen molar-refractivity contribution >= 4 is 6.03 Å². The molecule has 2 aliphatic heterocycles. The molecule has 2 fully saturated rings. The third kappa shape index (κ3) is 6.68. The van der Waals surface area contributed by atoms with Crippen LogP contribution in [0, 0.1) is 0 Å². The van der Waals surface area contributed by atoms with Crippen molar-refractivity contribution in [2.75, 3.05) is 39.3 Å². The smallest absolute Gasteiger partial charge is 0.335 e. The number of alkyl halides is 3. The minimum atomic E-state index is -4.19. The van der Waals surface area contributed by atoms with Crippen molar-refractivity contribution in [3.05, 3.63) is 12.2 Å². The highest BCUT2D eigenvalue weighted by atomic mass is 19.4. The molecule has 0 aromatic rings. The largest absolute Gasteiger partial charge is 0.401 e. The van der Waals surface area contributed by atoms with Gasteiger partial charge >= 0.3 is 12.2 Å². The van der Waals surface area contributed by atoms with Gasteiger partial charge in [-0.15, -0.1) is 0 Å².